The van der Waals surface area contributed by atoms with Crippen molar-refractivity contribution in [3.05, 3.63) is 31.7 Å². The lowest BCUT2D eigenvalue weighted by molar-refractivity contribution is 1.54. The van der Waals surface area contributed by atoms with Crippen LogP contribution in [0.4, 0.5) is 0 Å². The van der Waals surface area contributed by atoms with E-state index >= 15 is 0 Å². The molecule has 2 aromatic rings. The molecule has 0 bridgehead atoms. The van der Waals surface area contributed by atoms with Gasteiger partial charge in [0, 0.05) is 19.0 Å². The van der Waals surface area contributed by atoms with Crippen LogP contribution in [0.1, 0.15) is 5.56 Å². The zero-order valence-electron chi connectivity index (χ0n) is 6.48. The van der Waals surface area contributed by atoms with Crippen molar-refractivity contribution in [3.63, 3.8) is 0 Å². The standard InChI is InChI=1S/C9H5BrClIS/c10-3-5-4-13-8-2-6(12)1-7(11)9(5)8/h1-2,4H,3H2. The fourth-order valence-electron chi connectivity index (χ4n) is 1.25. The van der Waals surface area contributed by atoms with Crippen LogP contribution in [0.25, 0.3) is 10.1 Å². The van der Waals surface area contributed by atoms with Crippen molar-refractivity contribution in [1.82, 2.24) is 0 Å². The van der Waals surface area contributed by atoms with Gasteiger partial charge in [-0.1, -0.05) is 27.5 Å². The second kappa shape index (κ2) is 4.04. The summed E-state index contributed by atoms with van der Waals surface area (Å²) in [7, 11) is 0. The molecule has 0 N–H and O–H groups in total. The van der Waals surface area contributed by atoms with E-state index in [-0.39, 0.29) is 0 Å². The van der Waals surface area contributed by atoms with Crippen LogP contribution in [0.15, 0.2) is 17.5 Å². The van der Waals surface area contributed by atoms with Crippen molar-refractivity contribution >= 4 is 71.5 Å². The molecule has 0 unspecified atom stereocenters. The minimum atomic E-state index is 0.859. The lowest BCUT2D eigenvalue weighted by Gasteiger charge is -1.98. The zero-order valence-corrected chi connectivity index (χ0v) is 11.8. The summed E-state index contributed by atoms with van der Waals surface area (Å²) in [6.45, 7) is 0. The summed E-state index contributed by atoms with van der Waals surface area (Å²) in [5, 5.41) is 5.08. The van der Waals surface area contributed by atoms with Gasteiger partial charge >= 0.3 is 0 Å². The van der Waals surface area contributed by atoms with Crippen molar-refractivity contribution in [1.29, 1.82) is 0 Å². The van der Waals surface area contributed by atoms with E-state index in [4.69, 9.17) is 11.6 Å². The van der Waals surface area contributed by atoms with Crippen molar-refractivity contribution in [2.24, 2.45) is 0 Å². The van der Waals surface area contributed by atoms with E-state index in [0.717, 1.165) is 10.4 Å². The summed E-state index contributed by atoms with van der Waals surface area (Å²) < 4.78 is 2.46. The fraction of sp³-hybridized carbons (Fsp3) is 0.111. The lowest BCUT2D eigenvalue weighted by Crippen LogP contribution is -1.76. The summed E-state index contributed by atoms with van der Waals surface area (Å²) in [4.78, 5) is 0. The Morgan fingerprint density at radius 1 is 1.46 bits per heavy atom. The Morgan fingerprint density at radius 2 is 2.23 bits per heavy atom. The largest absolute Gasteiger partial charge is 0.143 e. The fourth-order valence-corrected chi connectivity index (χ4v) is 4.34. The van der Waals surface area contributed by atoms with Gasteiger partial charge in [-0.2, -0.15) is 0 Å². The number of halogens is 3. The molecule has 2 rings (SSSR count). The summed E-state index contributed by atoms with van der Waals surface area (Å²) in [6, 6.07) is 4.17. The van der Waals surface area contributed by atoms with E-state index in [2.05, 4.69) is 50.0 Å². The number of hydrogen-bond acceptors (Lipinski definition) is 1. The molecule has 0 spiro atoms. The van der Waals surface area contributed by atoms with Crippen LogP contribution in [0.3, 0.4) is 0 Å². The van der Waals surface area contributed by atoms with Gasteiger partial charge < -0.3 is 0 Å². The molecule has 0 aliphatic rings. The zero-order chi connectivity index (χ0) is 9.42. The van der Waals surface area contributed by atoms with Crippen LogP contribution in [0.2, 0.25) is 5.02 Å². The predicted octanol–water partition coefficient (Wildman–Crippen LogP) is 5.05. The maximum absolute atomic E-state index is 6.17. The molecule has 0 saturated heterocycles. The molecular formula is C9H5BrClIS. The van der Waals surface area contributed by atoms with E-state index < -0.39 is 0 Å². The first-order chi connectivity index (χ1) is 6.22. The van der Waals surface area contributed by atoms with Crippen molar-refractivity contribution in [3.8, 4) is 0 Å². The quantitative estimate of drug-likeness (QED) is 0.474. The molecular weight excluding hydrogens is 382 g/mol. The first kappa shape index (κ1) is 10.2. The highest BCUT2D eigenvalue weighted by atomic mass is 127. The molecule has 0 atom stereocenters. The van der Waals surface area contributed by atoms with E-state index in [9.17, 15) is 0 Å². The first-order valence-corrected chi connectivity index (χ1v) is 7.09. The molecule has 13 heavy (non-hydrogen) atoms. The molecule has 0 aliphatic heterocycles. The number of fused-ring (bicyclic) bond motifs is 1. The SMILES string of the molecule is Clc1cc(I)cc2scc(CBr)c12. The number of thiophene rings is 1. The summed E-state index contributed by atoms with van der Waals surface area (Å²) in [6.07, 6.45) is 0. The van der Waals surface area contributed by atoms with E-state index in [1.54, 1.807) is 11.3 Å². The average molecular weight is 387 g/mol. The number of hydrogen-bond donors (Lipinski definition) is 0. The molecule has 1 heterocycles. The smallest absolute Gasteiger partial charge is 0.0506 e. The summed E-state index contributed by atoms with van der Waals surface area (Å²) >= 11 is 13.7. The molecule has 0 fully saturated rings. The third-order valence-corrected chi connectivity index (χ3v) is 4.32. The van der Waals surface area contributed by atoms with E-state index in [0.29, 0.717) is 0 Å². The predicted molar refractivity (Wildman–Crippen MR) is 72.2 cm³/mol. The van der Waals surface area contributed by atoms with Crippen LogP contribution < -0.4 is 0 Å². The van der Waals surface area contributed by atoms with Crippen LogP contribution in [-0.4, -0.2) is 0 Å². The molecule has 0 nitrogen and oxygen atoms in total. The Hall–Kier alpha value is 0.680. The topological polar surface area (TPSA) is 0 Å². The van der Waals surface area contributed by atoms with Gasteiger partial charge in [-0.15, -0.1) is 11.3 Å². The van der Waals surface area contributed by atoms with Gasteiger partial charge in [0.1, 0.15) is 0 Å². The van der Waals surface area contributed by atoms with Crippen LogP contribution in [-0.2, 0) is 5.33 Å². The minimum Gasteiger partial charge on any atom is -0.143 e. The molecule has 1 aromatic carbocycles. The highest BCUT2D eigenvalue weighted by Gasteiger charge is 2.07. The third-order valence-electron chi connectivity index (χ3n) is 1.81. The summed E-state index contributed by atoms with van der Waals surface area (Å²) in [5.74, 6) is 0. The van der Waals surface area contributed by atoms with Crippen molar-refractivity contribution in [2.75, 3.05) is 0 Å². The monoisotopic (exact) mass is 386 g/mol. The second-order valence-electron chi connectivity index (χ2n) is 2.66. The highest BCUT2D eigenvalue weighted by Crippen LogP contribution is 2.34. The molecule has 1 aromatic heterocycles. The molecule has 68 valence electrons. The van der Waals surface area contributed by atoms with E-state index in [1.807, 2.05) is 6.07 Å². The molecule has 0 saturated carbocycles. The first-order valence-electron chi connectivity index (χ1n) is 3.63. The maximum Gasteiger partial charge on any atom is 0.0506 e. The van der Waals surface area contributed by atoms with Gasteiger partial charge in [0.25, 0.3) is 0 Å². The number of alkyl halides is 1. The molecule has 0 radical (unpaired) electrons. The summed E-state index contributed by atoms with van der Waals surface area (Å²) in [5.41, 5.74) is 1.28. The maximum atomic E-state index is 6.17. The Bertz CT molecular complexity index is 452. The molecule has 0 amide bonds. The van der Waals surface area contributed by atoms with E-state index in [1.165, 1.54) is 19.2 Å². The van der Waals surface area contributed by atoms with Crippen LogP contribution in [0.5, 0.6) is 0 Å². The number of benzene rings is 1. The molecule has 4 heteroatoms. The third kappa shape index (κ3) is 1.89. The highest BCUT2D eigenvalue weighted by molar-refractivity contribution is 14.1. The minimum absolute atomic E-state index is 0.859. The average Bonchev–Trinajstić information content (AvgIpc) is 2.47. The Kier molecular flexibility index (Phi) is 3.18. The Morgan fingerprint density at radius 3 is 2.92 bits per heavy atom. The Balaban J connectivity index is 2.82. The molecule has 0 aliphatic carbocycles. The van der Waals surface area contributed by atoms with Gasteiger partial charge in [0.2, 0.25) is 0 Å². The van der Waals surface area contributed by atoms with Crippen molar-refractivity contribution in [2.45, 2.75) is 5.33 Å². The lowest BCUT2D eigenvalue weighted by atomic mass is 10.2. The van der Waals surface area contributed by atoms with Gasteiger partial charge in [0.05, 0.1) is 5.02 Å². The second-order valence-corrected chi connectivity index (χ2v) is 5.78. The number of rotatable bonds is 1. The van der Waals surface area contributed by atoms with Gasteiger partial charge in [-0.05, 0) is 45.7 Å². The van der Waals surface area contributed by atoms with Gasteiger partial charge in [-0.25, -0.2) is 0 Å². The van der Waals surface area contributed by atoms with Crippen LogP contribution >= 0.6 is 61.5 Å². The Labute approximate surface area is 108 Å². The van der Waals surface area contributed by atoms with Gasteiger partial charge in [0.15, 0.2) is 0 Å². The van der Waals surface area contributed by atoms with Gasteiger partial charge in [-0.3, -0.25) is 0 Å². The van der Waals surface area contributed by atoms with Crippen LogP contribution in [0, 0.1) is 3.57 Å². The normalized spacial score (nSPS) is 11.0. The van der Waals surface area contributed by atoms with Crippen molar-refractivity contribution < 1.29 is 0 Å².